The minimum absolute atomic E-state index is 0.0313. The van der Waals surface area contributed by atoms with Crippen LogP contribution in [-0.2, 0) is 14.3 Å². The van der Waals surface area contributed by atoms with Crippen LogP contribution in [0.3, 0.4) is 0 Å². The Labute approximate surface area is 145 Å². The van der Waals surface area contributed by atoms with Crippen LogP contribution in [0.1, 0.15) is 71.1 Å². The van der Waals surface area contributed by atoms with Crippen molar-refractivity contribution in [1.82, 2.24) is 5.32 Å². The number of carbonyl (C=O) groups excluding carboxylic acids is 1. The summed E-state index contributed by atoms with van der Waals surface area (Å²) >= 11 is 0. The highest BCUT2D eigenvalue weighted by atomic mass is 16.5. The van der Waals surface area contributed by atoms with Crippen LogP contribution >= 0.6 is 0 Å². The van der Waals surface area contributed by atoms with Crippen LogP contribution in [0.15, 0.2) is 0 Å². The van der Waals surface area contributed by atoms with Gasteiger partial charge in [0.25, 0.3) is 0 Å². The summed E-state index contributed by atoms with van der Waals surface area (Å²) in [5.74, 6) is -0.0682. The summed E-state index contributed by atoms with van der Waals surface area (Å²) in [6, 6.07) is 0. The van der Waals surface area contributed by atoms with Crippen molar-refractivity contribution in [3.05, 3.63) is 0 Å². The third-order valence-electron chi connectivity index (χ3n) is 5.86. The van der Waals surface area contributed by atoms with E-state index in [4.69, 9.17) is 4.74 Å². The molecule has 5 nitrogen and oxygen atoms in total. The fourth-order valence-electron chi connectivity index (χ4n) is 4.16. The van der Waals surface area contributed by atoms with Crippen LogP contribution in [0.5, 0.6) is 0 Å². The zero-order chi connectivity index (χ0) is 17.4. The molecule has 0 aromatic heterocycles. The quantitative estimate of drug-likeness (QED) is 0.711. The van der Waals surface area contributed by atoms with E-state index < -0.39 is 11.4 Å². The Hall–Kier alpha value is -1.10. The topological polar surface area (TPSA) is 75.6 Å². The van der Waals surface area contributed by atoms with Gasteiger partial charge in [0, 0.05) is 25.7 Å². The van der Waals surface area contributed by atoms with E-state index >= 15 is 0 Å². The number of carboxylic acids is 1. The molecule has 2 aliphatic rings. The van der Waals surface area contributed by atoms with E-state index in [9.17, 15) is 14.7 Å². The summed E-state index contributed by atoms with van der Waals surface area (Å²) in [6.07, 6.45) is 10.2. The van der Waals surface area contributed by atoms with Crippen LogP contribution < -0.4 is 5.32 Å². The molecule has 1 aliphatic heterocycles. The maximum atomic E-state index is 12.7. The number of carboxylic acid groups (broad SMARTS) is 1. The van der Waals surface area contributed by atoms with Crippen molar-refractivity contribution in [2.45, 2.75) is 71.1 Å². The summed E-state index contributed by atoms with van der Waals surface area (Å²) in [7, 11) is 0. The largest absolute Gasteiger partial charge is 0.481 e. The van der Waals surface area contributed by atoms with Gasteiger partial charge >= 0.3 is 5.97 Å². The zero-order valence-corrected chi connectivity index (χ0v) is 15.0. The average Bonchev–Trinajstić information content (AvgIpc) is 2.61. The lowest BCUT2D eigenvalue weighted by Gasteiger charge is -2.34. The second-order valence-corrected chi connectivity index (χ2v) is 7.64. The summed E-state index contributed by atoms with van der Waals surface area (Å²) < 4.78 is 5.29. The Bertz CT molecular complexity index is 412. The summed E-state index contributed by atoms with van der Waals surface area (Å²) in [4.78, 5) is 24.4. The number of rotatable bonds is 8. The Balaban J connectivity index is 1.89. The van der Waals surface area contributed by atoms with Crippen molar-refractivity contribution in [3.8, 4) is 0 Å². The molecule has 2 rings (SSSR count). The SMILES string of the molecule is CCCC(CC1CCCCC1)C(=O)NCC1(C(=O)O)CCOCC1. The lowest BCUT2D eigenvalue weighted by Crippen LogP contribution is -2.47. The Kier molecular flexibility index (Phi) is 7.53. The molecular weight excluding hydrogens is 306 g/mol. The second kappa shape index (κ2) is 9.40. The second-order valence-electron chi connectivity index (χ2n) is 7.64. The van der Waals surface area contributed by atoms with Crippen molar-refractivity contribution in [2.75, 3.05) is 19.8 Å². The average molecular weight is 339 g/mol. The van der Waals surface area contributed by atoms with Gasteiger partial charge in [-0.1, -0.05) is 45.4 Å². The van der Waals surface area contributed by atoms with Crippen LogP contribution in [0.4, 0.5) is 0 Å². The lowest BCUT2D eigenvalue weighted by atomic mass is 9.79. The number of carbonyl (C=O) groups is 2. The van der Waals surface area contributed by atoms with Gasteiger partial charge in [-0.2, -0.15) is 0 Å². The van der Waals surface area contributed by atoms with E-state index in [2.05, 4.69) is 12.2 Å². The first-order valence-electron chi connectivity index (χ1n) is 9.66. The molecule has 1 amide bonds. The number of nitrogens with one attached hydrogen (secondary N) is 1. The third-order valence-corrected chi connectivity index (χ3v) is 5.86. The van der Waals surface area contributed by atoms with Gasteiger partial charge in [0.1, 0.15) is 0 Å². The standard InChI is InChI=1S/C19H33NO4/c1-2-6-16(13-15-7-4-3-5-8-15)17(21)20-14-19(18(22)23)9-11-24-12-10-19/h15-16H,2-14H2,1H3,(H,20,21)(H,22,23). The molecule has 5 heteroatoms. The molecule has 24 heavy (non-hydrogen) atoms. The van der Waals surface area contributed by atoms with Gasteiger partial charge in [0.2, 0.25) is 5.91 Å². The lowest BCUT2D eigenvalue weighted by molar-refractivity contribution is -0.154. The fraction of sp³-hybridized carbons (Fsp3) is 0.895. The van der Waals surface area contributed by atoms with Crippen molar-refractivity contribution in [1.29, 1.82) is 0 Å². The molecule has 1 saturated heterocycles. The number of ether oxygens (including phenoxy) is 1. The smallest absolute Gasteiger partial charge is 0.311 e. The molecule has 138 valence electrons. The molecule has 1 heterocycles. The van der Waals surface area contributed by atoms with Crippen LogP contribution in [0, 0.1) is 17.3 Å². The molecule has 0 spiro atoms. The molecular formula is C19H33NO4. The van der Waals surface area contributed by atoms with E-state index in [-0.39, 0.29) is 18.4 Å². The summed E-state index contributed by atoms with van der Waals surface area (Å²) in [5.41, 5.74) is -0.852. The first kappa shape index (κ1) is 19.2. The van der Waals surface area contributed by atoms with E-state index in [0.717, 1.165) is 19.3 Å². The molecule has 2 N–H and O–H groups in total. The molecule has 0 aromatic carbocycles. The van der Waals surface area contributed by atoms with Gasteiger partial charge in [-0.15, -0.1) is 0 Å². The number of aliphatic carboxylic acids is 1. The number of hydrogen-bond donors (Lipinski definition) is 2. The third kappa shape index (κ3) is 5.20. The van der Waals surface area contributed by atoms with Crippen molar-refractivity contribution in [2.24, 2.45) is 17.3 Å². The summed E-state index contributed by atoms with van der Waals surface area (Å²) in [6.45, 7) is 3.26. The highest BCUT2D eigenvalue weighted by Gasteiger charge is 2.40. The van der Waals surface area contributed by atoms with Crippen LogP contribution in [0.2, 0.25) is 0 Å². The van der Waals surface area contributed by atoms with Crippen molar-refractivity contribution < 1.29 is 19.4 Å². The highest BCUT2D eigenvalue weighted by molar-refractivity contribution is 5.80. The first-order valence-corrected chi connectivity index (χ1v) is 9.66. The van der Waals surface area contributed by atoms with E-state index in [1.54, 1.807) is 0 Å². The van der Waals surface area contributed by atoms with Crippen LogP contribution in [-0.4, -0.2) is 36.7 Å². The fourth-order valence-corrected chi connectivity index (χ4v) is 4.16. The summed E-state index contributed by atoms with van der Waals surface area (Å²) in [5, 5.41) is 12.6. The molecule has 2 fully saturated rings. The highest BCUT2D eigenvalue weighted by Crippen LogP contribution is 2.32. The Morgan fingerprint density at radius 1 is 1.21 bits per heavy atom. The molecule has 0 aromatic rings. The predicted molar refractivity (Wildman–Crippen MR) is 92.7 cm³/mol. The Morgan fingerprint density at radius 2 is 1.88 bits per heavy atom. The number of hydrogen-bond acceptors (Lipinski definition) is 3. The monoisotopic (exact) mass is 339 g/mol. The maximum Gasteiger partial charge on any atom is 0.311 e. The minimum atomic E-state index is -0.852. The molecule has 1 atom stereocenters. The molecule has 0 bridgehead atoms. The zero-order valence-electron chi connectivity index (χ0n) is 15.0. The predicted octanol–water partition coefficient (Wildman–Crippen LogP) is 3.37. The van der Waals surface area contributed by atoms with Crippen molar-refractivity contribution >= 4 is 11.9 Å². The maximum absolute atomic E-state index is 12.7. The normalized spacial score (nSPS) is 22.7. The van der Waals surface area contributed by atoms with E-state index in [1.165, 1.54) is 32.1 Å². The first-order chi connectivity index (χ1) is 11.6. The van der Waals surface area contributed by atoms with E-state index in [1.807, 2.05) is 0 Å². The van der Waals surface area contributed by atoms with Gasteiger partial charge in [0.15, 0.2) is 0 Å². The minimum Gasteiger partial charge on any atom is -0.481 e. The van der Waals surface area contributed by atoms with Gasteiger partial charge < -0.3 is 15.2 Å². The van der Waals surface area contributed by atoms with Gasteiger partial charge in [-0.05, 0) is 31.6 Å². The molecule has 0 radical (unpaired) electrons. The molecule has 1 saturated carbocycles. The van der Waals surface area contributed by atoms with Crippen LogP contribution in [0.25, 0.3) is 0 Å². The molecule has 1 aliphatic carbocycles. The van der Waals surface area contributed by atoms with Gasteiger partial charge in [-0.25, -0.2) is 0 Å². The van der Waals surface area contributed by atoms with Gasteiger partial charge in [0.05, 0.1) is 5.41 Å². The van der Waals surface area contributed by atoms with Crippen molar-refractivity contribution in [3.63, 3.8) is 0 Å². The van der Waals surface area contributed by atoms with E-state index in [0.29, 0.717) is 32.0 Å². The number of amides is 1. The van der Waals surface area contributed by atoms with Gasteiger partial charge in [-0.3, -0.25) is 9.59 Å². The molecule has 1 unspecified atom stereocenters. The Morgan fingerprint density at radius 3 is 2.46 bits per heavy atom.